The Bertz CT molecular complexity index is 515. The van der Waals surface area contributed by atoms with Crippen molar-refractivity contribution < 1.29 is 14.3 Å². The van der Waals surface area contributed by atoms with E-state index in [1.807, 2.05) is 12.1 Å². The van der Waals surface area contributed by atoms with Crippen molar-refractivity contribution in [3.8, 4) is 5.75 Å². The van der Waals surface area contributed by atoms with Crippen LogP contribution in [0.15, 0.2) is 39.5 Å². The first-order valence-corrected chi connectivity index (χ1v) is 4.58. The predicted octanol–water partition coefficient (Wildman–Crippen LogP) is 1.16. The second-order valence-corrected chi connectivity index (χ2v) is 3.01. The van der Waals surface area contributed by atoms with Crippen molar-refractivity contribution in [2.24, 2.45) is 0 Å². The van der Waals surface area contributed by atoms with Gasteiger partial charge in [0.05, 0.1) is 6.61 Å². The second-order valence-electron chi connectivity index (χ2n) is 3.01. The van der Waals surface area contributed by atoms with E-state index in [0.29, 0.717) is 5.58 Å². The zero-order valence-electron chi connectivity index (χ0n) is 7.97. The highest BCUT2D eigenvalue weighted by Crippen LogP contribution is 2.16. The summed E-state index contributed by atoms with van der Waals surface area (Å²) in [7, 11) is 0. The zero-order chi connectivity index (χ0) is 10.7. The highest BCUT2D eigenvalue weighted by atomic mass is 16.5. The molecule has 0 aliphatic carbocycles. The highest BCUT2D eigenvalue weighted by molar-refractivity contribution is 5.77. The average Bonchev–Trinajstić information content (AvgIpc) is 2.26. The van der Waals surface area contributed by atoms with E-state index >= 15 is 0 Å². The minimum absolute atomic E-state index is 0.0864. The van der Waals surface area contributed by atoms with Crippen molar-refractivity contribution >= 4 is 11.0 Å². The van der Waals surface area contributed by atoms with Crippen molar-refractivity contribution in [2.75, 3.05) is 13.2 Å². The molecule has 0 fully saturated rings. The Balaban J connectivity index is 2.48. The molecule has 0 aliphatic heterocycles. The summed E-state index contributed by atoms with van der Waals surface area (Å²) in [5.41, 5.74) is 0.000925. The number of benzene rings is 1. The number of ether oxygens (including phenoxy) is 1. The molecule has 1 heterocycles. The third-order valence-electron chi connectivity index (χ3n) is 1.96. The number of hydrogen-bond acceptors (Lipinski definition) is 4. The number of rotatable bonds is 3. The van der Waals surface area contributed by atoms with E-state index in [1.165, 1.54) is 0 Å². The summed E-state index contributed by atoms with van der Waals surface area (Å²) in [6.45, 7) is -0.0463. The fraction of sp³-hybridized carbons (Fsp3) is 0.182. The van der Waals surface area contributed by atoms with Gasteiger partial charge in [0.2, 0.25) is 5.75 Å². The lowest BCUT2D eigenvalue weighted by Crippen LogP contribution is -2.09. The van der Waals surface area contributed by atoms with E-state index < -0.39 is 5.63 Å². The molecule has 1 aromatic heterocycles. The van der Waals surface area contributed by atoms with Crippen molar-refractivity contribution in [1.82, 2.24) is 0 Å². The van der Waals surface area contributed by atoms with E-state index in [0.717, 1.165) is 5.39 Å². The van der Waals surface area contributed by atoms with Gasteiger partial charge in [-0.25, -0.2) is 4.79 Å². The fourth-order valence-electron chi connectivity index (χ4n) is 1.30. The second kappa shape index (κ2) is 4.14. The van der Waals surface area contributed by atoms with E-state index in [1.54, 1.807) is 18.2 Å². The van der Waals surface area contributed by atoms with Crippen LogP contribution in [0.2, 0.25) is 0 Å². The Kier molecular flexibility index (Phi) is 2.69. The van der Waals surface area contributed by atoms with Crippen LogP contribution in [-0.4, -0.2) is 18.3 Å². The minimum Gasteiger partial charge on any atom is -0.484 e. The van der Waals surface area contributed by atoms with Crippen LogP contribution < -0.4 is 10.4 Å². The normalized spacial score (nSPS) is 10.5. The first-order chi connectivity index (χ1) is 7.31. The fourth-order valence-corrected chi connectivity index (χ4v) is 1.30. The monoisotopic (exact) mass is 206 g/mol. The van der Waals surface area contributed by atoms with Crippen LogP contribution >= 0.6 is 0 Å². The molecule has 4 heteroatoms. The van der Waals surface area contributed by atoms with Gasteiger partial charge in [-0.15, -0.1) is 0 Å². The maximum atomic E-state index is 11.4. The molecule has 2 aromatic rings. The molecule has 0 atom stereocenters. The number of para-hydroxylation sites is 1. The minimum atomic E-state index is -0.526. The molecule has 0 saturated carbocycles. The summed E-state index contributed by atoms with van der Waals surface area (Å²) in [5.74, 6) is 0.128. The van der Waals surface area contributed by atoms with Gasteiger partial charge in [0.15, 0.2) is 0 Å². The summed E-state index contributed by atoms with van der Waals surface area (Å²) >= 11 is 0. The molecule has 1 aromatic carbocycles. The van der Waals surface area contributed by atoms with Crippen molar-refractivity contribution in [3.05, 3.63) is 40.8 Å². The van der Waals surface area contributed by atoms with Gasteiger partial charge in [-0.05, 0) is 12.1 Å². The molecule has 2 rings (SSSR count). The van der Waals surface area contributed by atoms with Crippen LogP contribution in [0.3, 0.4) is 0 Å². The van der Waals surface area contributed by atoms with Crippen molar-refractivity contribution in [2.45, 2.75) is 0 Å². The molecule has 0 aliphatic rings. The first kappa shape index (κ1) is 9.73. The van der Waals surface area contributed by atoms with Crippen molar-refractivity contribution in [3.63, 3.8) is 0 Å². The van der Waals surface area contributed by atoms with Gasteiger partial charge < -0.3 is 14.3 Å². The van der Waals surface area contributed by atoms with Crippen LogP contribution in [-0.2, 0) is 0 Å². The molecule has 0 saturated heterocycles. The molecule has 0 amide bonds. The van der Waals surface area contributed by atoms with Crippen LogP contribution in [0.4, 0.5) is 0 Å². The zero-order valence-corrected chi connectivity index (χ0v) is 7.97. The number of hydrogen-bond donors (Lipinski definition) is 1. The van der Waals surface area contributed by atoms with Crippen molar-refractivity contribution in [1.29, 1.82) is 0 Å². The molecule has 0 spiro atoms. The molecule has 0 bridgehead atoms. The van der Waals surface area contributed by atoms with Gasteiger partial charge in [0.25, 0.3) is 0 Å². The third-order valence-corrected chi connectivity index (χ3v) is 1.96. The van der Waals surface area contributed by atoms with E-state index in [4.69, 9.17) is 14.3 Å². The first-order valence-electron chi connectivity index (χ1n) is 4.58. The molecular weight excluding hydrogens is 196 g/mol. The largest absolute Gasteiger partial charge is 0.484 e. The lowest BCUT2D eigenvalue weighted by atomic mass is 10.2. The van der Waals surface area contributed by atoms with Gasteiger partial charge >= 0.3 is 5.63 Å². The van der Waals surface area contributed by atoms with Gasteiger partial charge in [0, 0.05) is 5.39 Å². The van der Waals surface area contributed by atoms with Gasteiger partial charge in [-0.1, -0.05) is 18.2 Å². The maximum absolute atomic E-state index is 11.4. The van der Waals surface area contributed by atoms with Crippen LogP contribution in [0.25, 0.3) is 11.0 Å². The molecule has 1 N–H and O–H groups in total. The standard InChI is InChI=1S/C11H10O4/c12-5-6-14-10-7-8-3-1-2-4-9(8)15-11(10)13/h1-4,7,12H,5-6H2. The lowest BCUT2D eigenvalue weighted by molar-refractivity contribution is 0.197. The SMILES string of the molecule is O=c1oc2ccccc2cc1OCCO. The smallest absolute Gasteiger partial charge is 0.379 e. The molecule has 4 nitrogen and oxygen atoms in total. The van der Waals surface area contributed by atoms with E-state index in [9.17, 15) is 4.79 Å². The Hall–Kier alpha value is -1.81. The molecular formula is C11H10O4. The summed E-state index contributed by atoms with van der Waals surface area (Å²) < 4.78 is 10.1. The Morgan fingerprint density at radius 1 is 1.33 bits per heavy atom. The molecule has 0 unspecified atom stereocenters. The van der Waals surface area contributed by atoms with E-state index in [2.05, 4.69) is 0 Å². The highest BCUT2D eigenvalue weighted by Gasteiger charge is 2.04. The van der Waals surface area contributed by atoms with Gasteiger partial charge in [-0.3, -0.25) is 0 Å². The topological polar surface area (TPSA) is 59.7 Å². The average molecular weight is 206 g/mol. The summed E-state index contributed by atoms with van der Waals surface area (Å²) in [4.78, 5) is 11.4. The van der Waals surface area contributed by atoms with Crippen LogP contribution in [0.5, 0.6) is 5.75 Å². The predicted molar refractivity (Wildman–Crippen MR) is 55.1 cm³/mol. The van der Waals surface area contributed by atoms with Crippen LogP contribution in [0.1, 0.15) is 0 Å². The Morgan fingerprint density at radius 2 is 2.13 bits per heavy atom. The summed E-state index contributed by atoms with van der Waals surface area (Å²) in [6, 6.07) is 8.78. The maximum Gasteiger partial charge on any atom is 0.379 e. The molecule has 78 valence electrons. The lowest BCUT2D eigenvalue weighted by Gasteiger charge is -2.03. The Morgan fingerprint density at radius 3 is 2.93 bits per heavy atom. The Labute approximate surface area is 85.7 Å². The molecule has 15 heavy (non-hydrogen) atoms. The van der Waals surface area contributed by atoms with E-state index in [-0.39, 0.29) is 19.0 Å². The van der Waals surface area contributed by atoms with Gasteiger partial charge in [-0.2, -0.15) is 0 Å². The number of fused-ring (bicyclic) bond motifs is 1. The number of aliphatic hydroxyl groups excluding tert-OH is 1. The third kappa shape index (κ3) is 1.99. The molecule has 0 radical (unpaired) electrons. The van der Waals surface area contributed by atoms with Crippen LogP contribution in [0, 0.1) is 0 Å². The number of aliphatic hydroxyl groups is 1. The quantitative estimate of drug-likeness (QED) is 0.765. The summed E-state index contributed by atoms with van der Waals surface area (Å²) in [5, 5.41) is 9.37. The van der Waals surface area contributed by atoms with Gasteiger partial charge in [0.1, 0.15) is 12.2 Å². The summed E-state index contributed by atoms with van der Waals surface area (Å²) in [6.07, 6.45) is 0.